The molecule has 0 radical (unpaired) electrons. The summed E-state index contributed by atoms with van der Waals surface area (Å²) < 4.78 is 19.0. The summed E-state index contributed by atoms with van der Waals surface area (Å²) in [6, 6.07) is 3.27. The number of ether oxygens (including phenoxy) is 1. The third-order valence-corrected chi connectivity index (χ3v) is 2.84. The average Bonchev–Trinajstić information content (AvgIpc) is 2.63. The van der Waals surface area contributed by atoms with E-state index in [0.29, 0.717) is 24.3 Å². The molecule has 1 amide bonds. The lowest BCUT2D eigenvalue weighted by atomic mass is 9.95. The molecule has 1 heterocycles. The zero-order chi connectivity index (χ0) is 11.7. The number of hydrogen-bond donors (Lipinski definition) is 1. The van der Waals surface area contributed by atoms with Gasteiger partial charge >= 0.3 is 0 Å². The third-order valence-electron chi connectivity index (χ3n) is 2.84. The zero-order valence-corrected chi connectivity index (χ0v) is 9.34. The summed E-state index contributed by atoms with van der Waals surface area (Å²) in [7, 11) is 1.52. The number of benzene rings is 1. The predicted molar refractivity (Wildman–Crippen MR) is 58.1 cm³/mol. The number of methoxy groups -OCH3 is 1. The minimum Gasteiger partial charge on any atom is -0.496 e. The molecule has 86 valence electrons. The van der Waals surface area contributed by atoms with Crippen LogP contribution in [0.1, 0.15) is 23.5 Å². The van der Waals surface area contributed by atoms with Crippen molar-refractivity contribution >= 4 is 5.91 Å². The van der Waals surface area contributed by atoms with E-state index in [9.17, 15) is 9.18 Å². The number of nitrogens with one attached hydrogen (secondary N) is 1. The Balaban J connectivity index is 2.42. The van der Waals surface area contributed by atoms with E-state index in [-0.39, 0.29) is 17.6 Å². The SMILES string of the molecule is COc1cc(C)cc(F)c1C1CNC(=O)C1. The van der Waals surface area contributed by atoms with Crippen LogP contribution in [0, 0.1) is 12.7 Å². The first-order valence-corrected chi connectivity index (χ1v) is 5.22. The molecule has 0 bridgehead atoms. The fourth-order valence-corrected chi connectivity index (χ4v) is 2.10. The molecule has 1 N–H and O–H groups in total. The van der Waals surface area contributed by atoms with E-state index in [1.165, 1.54) is 13.2 Å². The highest BCUT2D eigenvalue weighted by atomic mass is 19.1. The molecule has 2 rings (SSSR count). The smallest absolute Gasteiger partial charge is 0.220 e. The maximum absolute atomic E-state index is 13.9. The van der Waals surface area contributed by atoms with Gasteiger partial charge in [-0.25, -0.2) is 4.39 Å². The highest BCUT2D eigenvalue weighted by Crippen LogP contribution is 2.34. The summed E-state index contributed by atoms with van der Waals surface area (Å²) in [5.74, 6) is 0.0763. The van der Waals surface area contributed by atoms with Crippen molar-refractivity contribution in [3.8, 4) is 5.75 Å². The van der Waals surface area contributed by atoms with Crippen molar-refractivity contribution < 1.29 is 13.9 Å². The second kappa shape index (κ2) is 4.12. The Labute approximate surface area is 93.6 Å². The first-order chi connectivity index (χ1) is 7.61. The molecule has 0 saturated carbocycles. The molecule has 1 aromatic carbocycles. The topological polar surface area (TPSA) is 38.3 Å². The number of aryl methyl sites for hydroxylation is 1. The molecular formula is C12H14FNO2. The molecule has 1 atom stereocenters. The van der Waals surface area contributed by atoms with Crippen molar-refractivity contribution in [3.05, 3.63) is 29.1 Å². The highest BCUT2D eigenvalue weighted by molar-refractivity contribution is 5.79. The Morgan fingerprint density at radius 1 is 1.50 bits per heavy atom. The molecule has 1 fully saturated rings. The van der Waals surface area contributed by atoms with E-state index < -0.39 is 0 Å². The molecule has 16 heavy (non-hydrogen) atoms. The van der Waals surface area contributed by atoms with Crippen LogP contribution in [0.5, 0.6) is 5.75 Å². The van der Waals surface area contributed by atoms with E-state index >= 15 is 0 Å². The van der Waals surface area contributed by atoms with Crippen LogP contribution in [0.15, 0.2) is 12.1 Å². The molecule has 0 aromatic heterocycles. The van der Waals surface area contributed by atoms with E-state index in [1.807, 2.05) is 6.92 Å². The van der Waals surface area contributed by atoms with Crippen LogP contribution in [0.2, 0.25) is 0 Å². The third kappa shape index (κ3) is 1.87. The normalized spacial score (nSPS) is 19.7. The van der Waals surface area contributed by atoms with Crippen LogP contribution in [-0.2, 0) is 4.79 Å². The van der Waals surface area contributed by atoms with Gasteiger partial charge in [-0.2, -0.15) is 0 Å². The Hall–Kier alpha value is -1.58. The van der Waals surface area contributed by atoms with Gasteiger partial charge in [0.05, 0.1) is 7.11 Å². The molecule has 0 spiro atoms. The molecule has 1 unspecified atom stereocenters. The van der Waals surface area contributed by atoms with Crippen molar-refractivity contribution in [1.29, 1.82) is 0 Å². The summed E-state index contributed by atoms with van der Waals surface area (Å²) in [6.07, 6.45) is 0.330. The first kappa shape index (κ1) is 10.9. The summed E-state index contributed by atoms with van der Waals surface area (Å²) in [5, 5.41) is 2.70. The van der Waals surface area contributed by atoms with Gasteiger partial charge in [0.25, 0.3) is 0 Å². The second-order valence-electron chi connectivity index (χ2n) is 4.07. The van der Waals surface area contributed by atoms with E-state index in [0.717, 1.165) is 5.56 Å². The maximum Gasteiger partial charge on any atom is 0.220 e. The predicted octanol–water partition coefficient (Wildman–Crippen LogP) is 1.75. The number of rotatable bonds is 2. The zero-order valence-electron chi connectivity index (χ0n) is 9.34. The Morgan fingerprint density at radius 2 is 2.25 bits per heavy atom. The van der Waals surface area contributed by atoms with Gasteiger partial charge in [0.2, 0.25) is 5.91 Å². The fourth-order valence-electron chi connectivity index (χ4n) is 2.10. The lowest BCUT2D eigenvalue weighted by Crippen LogP contribution is -2.14. The molecule has 1 saturated heterocycles. The van der Waals surface area contributed by atoms with Gasteiger partial charge in [-0.15, -0.1) is 0 Å². The number of hydrogen-bond acceptors (Lipinski definition) is 2. The Morgan fingerprint density at radius 3 is 2.81 bits per heavy atom. The standard InChI is InChI=1S/C12H14FNO2/c1-7-3-9(13)12(10(4-7)16-2)8-5-11(15)14-6-8/h3-4,8H,5-6H2,1-2H3,(H,14,15). The van der Waals surface area contributed by atoms with Crippen molar-refractivity contribution in [2.45, 2.75) is 19.3 Å². The quantitative estimate of drug-likeness (QED) is 0.829. The summed E-state index contributed by atoms with van der Waals surface area (Å²) in [6.45, 7) is 2.29. The van der Waals surface area contributed by atoms with Crippen molar-refractivity contribution in [2.24, 2.45) is 0 Å². The summed E-state index contributed by atoms with van der Waals surface area (Å²) >= 11 is 0. The van der Waals surface area contributed by atoms with Crippen LogP contribution >= 0.6 is 0 Å². The van der Waals surface area contributed by atoms with Crippen LogP contribution in [0.4, 0.5) is 4.39 Å². The minimum atomic E-state index is -0.293. The van der Waals surface area contributed by atoms with Gasteiger partial charge < -0.3 is 10.1 Å². The van der Waals surface area contributed by atoms with E-state index in [4.69, 9.17) is 4.74 Å². The largest absolute Gasteiger partial charge is 0.496 e. The lowest BCUT2D eigenvalue weighted by Gasteiger charge is -2.14. The molecule has 3 nitrogen and oxygen atoms in total. The van der Waals surface area contributed by atoms with Gasteiger partial charge in [-0.1, -0.05) is 0 Å². The van der Waals surface area contributed by atoms with Gasteiger partial charge in [0.15, 0.2) is 0 Å². The minimum absolute atomic E-state index is 0.0352. The second-order valence-corrected chi connectivity index (χ2v) is 4.07. The van der Waals surface area contributed by atoms with Crippen LogP contribution < -0.4 is 10.1 Å². The van der Waals surface area contributed by atoms with Crippen molar-refractivity contribution in [3.63, 3.8) is 0 Å². The average molecular weight is 223 g/mol. The molecule has 1 aliphatic rings. The Bertz CT molecular complexity index is 431. The van der Waals surface area contributed by atoms with Crippen LogP contribution in [0.25, 0.3) is 0 Å². The van der Waals surface area contributed by atoms with Gasteiger partial charge in [-0.05, 0) is 24.6 Å². The molecule has 1 aliphatic heterocycles. The van der Waals surface area contributed by atoms with Gasteiger partial charge in [-0.3, -0.25) is 4.79 Å². The Kier molecular flexibility index (Phi) is 2.81. The lowest BCUT2D eigenvalue weighted by molar-refractivity contribution is -0.119. The van der Waals surface area contributed by atoms with E-state index in [1.54, 1.807) is 6.07 Å². The van der Waals surface area contributed by atoms with Crippen molar-refractivity contribution in [2.75, 3.05) is 13.7 Å². The van der Waals surface area contributed by atoms with Gasteiger partial charge in [0.1, 0.15) is 11.6 Å². The summed E-state index contributed by atoms with van der Waals surface area (Å²) in [4.78, 5) is 11.1. The van der Waals surface area contributed by atoms with Gasteiger partial charge in [0, 0.05) is 24.4 Å². The van der Waals surface area contributed by atoms with Crippen molar-refractivity contribution in [1.82, 2.24) is 5.32 Å². The maximum atomic E-state index is 13.9. The number of amides is 1. The number of halogens is 1. The van der Waals surface area contributed by atoms with E-state index in [2.05, 4.69) is 5.32 Å². The fraction of sp³-hybridized carbons (Fsp3) is 0.417. The number of carbonyl (C=O) groups excluding carboxylic acids is 1. The molecule has 1 aromatic rings. The number of carbonyl (C=O) groups is 1. The highest BCUT2D eigenvalue weighted by Gasteiger charge is 2.28. The first-order valence-electron chi connectivity index (χ1n) is 5.22. The molecule has 4 heteroatoms. The molecule has 0 aliphatic carbocycles. The van der Waals surface area contributed by atoms with Crippen LogP contribution in [-0.4, -0.2) is 19.6 Å². The monoisotopic (exact) mass is 223 g/mol. The van der Waals surface area contributed by atoms with Crippen LogP contribution in [0.3, 0.4) is 0 Å². The molecular weight excluding hydrogens is 209 g/mol. The summed E-state index contributed by atoms with van der Waals surface area (Å²) in [5.41, 5.74) is 1.32.